The summed E-state index contributed by atoms with van der Waals surface area (Å²) in [5, 5.41) is 0. The number of hydrogen-bond acceptors (Lipinski definition) is 2. The van der Waals surface area contributed by atoms with Gasteiger partial charge in [-0.15, -0.1) is 0 Å². The van der Waals surface area contributed by atoms with Crippen LogP contribution in [0.25, 0.3) is 0 Å². The third-order valence-corrected chi connectivity index (χ3v) is 6.40. The summed E-state index contributed by atoms with van der Waals surface area (Å²) in [4.78, 5) is 2.69. The molecule has 134 valence electrons. The highest BCUT2D eigenvalue weighted by atomic mass is 16.5. The highest BCUT2D eigenvalue weighted by molar-refractivity contribution is 5.46. The molecule has 1 aliphatic carbocycles. The third-order valence-electron chi connectivity index (χ3n) is 6.40. The molecule has 2 heteroatoms. The van der Waals surface area contributed by atoms with Crippen LogP contribution in [0.5, 0.6) is 5.75 Å². The number of hydrogen-bond donors (Lipinski definition) is 0. The number of ether oxygens (including phenoxy) is 1. The monoisotopic (exact) mass is 329 g/mol. The zero-order chi connectivity index (χ0) is 17.2. The van der Waals surface area contributed by atoms with E-state index in [0.717, 1.165) is 17.6 Å². The predicted molar refractivity (Wildman–Crippen MR) is 102 cm³/mol. The fourth-order valence-electron chi connectivity index (χ4n) is 4.95. The summed E-state index contributed by atoms with van der Waals surface area (Å²) in [6, 6.07) is 6.77. The molecule has 1 aliphatic heterocycles. The first-order valence-corrected chi connectivity index (χ1v) is 9.96. The molecule has 24 heavy (non-hydrogen) atoms. The van der Waals surface area contributed by atoms with E-state index in [0.29, 0.717) is 5.41 Å². The molecule has 0 radical (unpaired) electrons. The molecule has 0 N–H and O–H groups in total. The van der Waals surface area contributed by atoms with Crippen LogP contribution in [0.2, 0.25) is 0 Å². The van der Waals surface area contributed by atoms with Gasteiger partial charge in [-0.05, 0) is 85.8 Å². The molecular weight excluding hydrogens is 294 g/mol. The zero-order valence-electron chi connectivity index (χ0n) is 16.1. The standard InChI is InChI=1S/C22H35NO/c1-5-6-7-12-23-13-10-17(11-14-23)20-16-22(2,3)21-9-8-18(24-4)15-19(20)21/h8-9,15,17,20H,5-7,10-14,16H2,1-4H3. The van der Waals surface area contributed by atoms with Crippen LogP contribution >= 0.6 is 0 Å². The Kier molecular flexibility index (Phi) is 5.54. The number of likely N-dealkylation sites (tertiary alicyclic amines) is 1. The number of nitrogens with zero attached hydrogens (tertiary/aromatic N) is 1. The summed E-state index contributed by atoms with van der Waals surface area (Å²) in [5.74, 6) is 2.59. The molecular formula is C22H35NO. The summed E-state index contributed by atoms with van der Waals surface area (Å²) in [6.45, 7) is 11.0. The van der Waals surface area contributed by atoms with Crippen molar-refractivity contribution in [3.8, 4) is 5.75 Å². The largest absolute Gasteiger partial charge is 0.497 e. The van der Waals surface area contributed by atoms with Gasteiger partial charge in [0, 0.05) is 0 Å². The van der Waals surface area contributed by atoms with Gasteiger partial charge < -0.3 is 9.64 Å². The molecule has 2 aliphatic rings. The molecule has 1 unspecified atom stereocenters. The van der Waals surface area contributed by atoms with Crippen LogP contribution in [0, 0.1) is 5.92 Å². The molecule has 1 heterocycles. The molecule has 3 rings (SSSR count). The average molecular weight is 330 g/mol. The highest BCUT2D eigenvalue weighted by Gasteiger charge is 2.41. The maximum Gasteiger partial charge on any atom is 0.119 e. The molecule has 1 aromatic carbocycles. The van der Waals surface area contributed by atoms with Crippen LogP contribution < -0.4 is 4.74 Å². The van der Waals surface area contributed by atoms with Gasteiger partial charge in [0.1, 0.15) is 5.75 Å². The van der Waals surface area contributed by atoms with Gasteiger partial charge in [0.05, 0.1) is 7.11 Å². The lowest BCUT2D eigenvalue weighted by Crippen LogP contribution is -2.36. The highest BCUT2D eigenvalue weighted by Crippen LogP contribution is 2.51. The minimum Gasteiger partial charge on any atom is -0.497 e. The van der Waals surface area contributed by atoms with Crippen LogP contribution in [0.3, 0.4) is 0 Å². The second kappa shape index (κ2) is 7.47. The number of rotatable bonds is 6. The maximum absolute atomic E-state index is 5.51. The Morgan fingerprint density at radius 3 is 2.58 bits per heavy atom. The lowest BCUT2D eigenvalue weighted by Gasteiger charge is -2.35. The van der Waals surface area contributed by atoms with Crippen LogP contribution in [0.1, 0.15) is 76.3 Å². The number of unbranched alkanes of at least 4 members (excludes halogenated alkanes) is 2. The van der Waals surface area contributed by atoms with Crippen LogP contribution in [0.15, 0.2) is 18.2 Å². The van der Waals surface area contributed by atoms with Gasteiger partial charge in [0.25, 0.3) is 0 Å². The predicted octanol–water partition coefficient (Wildman–Crippen LogP) is 5.36. The number of benzene rings is 1. The van der Waals surface area contributed by atoms with E-state index in [4.69, 9.17) is 4.74 Å². The van der Waals surface area contributed by atoms with Crippen LogP contribution in [0.4, 0.5) is 0 Å². The summed E-state index contributed by atoms with van der Waals surface area (Å²) in [5.41, 5.74) is 3.44. The second-order valence-electron chi connectivity index (χ2n) is 8.53. The molecule has 1 fully saturated rings. The van der Waals surface area contributed by atoms with E-state index in [1.807, 2.05) is 0 Å². The molecule has 2 nitrogen and oxygen atoms in total. The fraction of sp³-hybridized carbons (Fsp3) is 0.727. The van der Waals surface area contributed by atoms with Crippen molar-refractivity contribution in [2.75, 3.05) is 26.7 Å². The van der Waals surface area contributed by atoms with Crippen molar-refractivity contribution in [3.05, 3.63) is 29.3 Å². The minimum absolute atomic E-state index is 0.310. The molecule has 0 spiro atoms. The normalized spacial score (nSPS) is 24.1. The molecule has 1 saturated heterocycles. The van der Waals surface area contributed by atoms with Crippen LogP contribution in [-0.4, -0.2) is 31.6 Å². The smallest absolute Gasteiger partial charge is 0.119 e. The molecule has 1 aromatic rings. The van der Waals surface area contributed by atoms with Crippen LogP contribution in [-0.2, 0) is 5.41 Å². The van der Waals surface area contributed by atoms with E-state index in [1.54, 1.807) is 18.2 Å². The van der Waals surface area contributed by atoms with E-state index in [1.165, 1.54) is 58.2 Å². The first-order valence-electron chi connectivity index (χ1n) is 9.96. The van der Waals surface area contributed by atoms with Crippen molar-refractivity contribution in [1.29, 1.82) is 0 Å². The SMILES string of the molecule is CCCCCN1CCC(C2CC(C)(C)c3ccc(OC)cc32)CC1. The summed E-state index contributed by atoms with van der Waals surface area (Å²) in [6.07, 6.45) is 8.11. The average Bonchev–Trinajstić information content (AvgIpc) is 2.86. The van der Waals surface area contributed by atoms with Crippen molar-refractivity contribution >= 4 is 0 Å². The van der Waals surface area contributed by atoms with E-state index in [-0.39, 0.29) is 0 Å². The Bertz CT molecular complexity index is 543. The molecule has 0 aromatic heterocycles. The van der Waals surface area contributed by atoms with Crippen molar-refractivity contribution in [1.82, 2.24) is 4.90 Å². The first-order chi connectivity index (χ1) is 11.5. The number of fused-ring (bicyclic) bond motifs is 1. The van der Waals surface area contributed by atoms with Gasteiger partial charge in [-0.25, -0.2) is 0 Å². The minimum atomic E-state index is 0.310. The van der Waals surface area contributed by atoms with Gasteiger partial charge in [-0.1, -0.05) is 39.7 Å². The van der Waals surface area contributed by atoms with Gasteiger partial charge >= 0.3 is 0 Å². The number of piperidine rings is 1. The van der Waals surface area contributed by atoms with Gasteiger partial charge in [-0.2, -0.15) is 0 Å². The van der Waals surface area contributed by atoms with E-state index in [9.17, 15) is 0 Å². The van der Waals surface area contributed by atoms with Gasteiger partial charge in [0.15, 0.2) is 0 Å². The first kappa shape index (κ1) is 17.8. The maximum atomic E-state index is 5.51. The molecule has 0 saturated carbocycles. The van der Waals surface area contributed by atoms with Gasteiger partial charge in [-0.3, -0.25) is 0 Å². The van der Waals surface area contributed by atoms with E-state index >= 15 is 0 Å². The third kappa shape index (κ3) is 3.64. The molecule has 1 atom stereocenters. The lowest BCUT2D eigenvalue weighted by atomic mass is 9.79. The molecule has 0 amide bonds. The summed E-state index contributed by atoms with van der Waals surface area (Å²) in [7, 11) is 1.78. The Morgan fingerprint density at radius 1 is 1.17 bits per heavy atom. The Labute approximate surface area is 148 Å². The Hall–Kier alpha value is -1.02. The Morgan fingerprint density at radius 2 is 1.92 bits per heavy atom. The van der Waals surface area contributed by atoms with Crippen molar-refractivity contribution in [2.24, 2.45) is 5.92 Å². The summed E-state index contributed by atoms with van der Waals surface area (Å²) < 4.78 is 5.51. The summed E-state index contributed by atoms with van der Waals surface area (Å²) >= 11 is 0. The van der Waals surface area contributed by atoms with E-state index < -0.39 is 0 Å². The van der Waals surface area contributed by atoms with Crippen molar-refractivity contribution in [2.45, 2.75) is 70.6 Å². The zero-order valence-corrected chi connectivity index (χ0v) is 16.1. The topological polar surface area (TPSA) is 12.5 Å². The second-order valence-corrected chi connectivity index (χ2v) is 8.53. The Balaban J connectivity index is 1.67. The molecule has 0 bridgehead atoms. The van der Waals surface area contributed by atoms with E-state index in [2.05, 4.69) is 43.9 Å². The van der Waals surface area contributed by atoms with Gasteiger partial charge in [0.2, 0.25) is 0 Å². The fourth-order valence-corrected chi connectivity index (χ4v) is 4.95. The number of methoxy groups -OCH3 is 1. The van der Waals surface area contributed by atoms with Crippen molar-refractivity contribution in [3.63, 3.8) is 0 Å². The lowest BCUT2D eigenvalue weighted by molar-refractivity contribution is 0.161. The van der Waals surface area contributed by atoms with Crippen molar-refractivity contribution < 1.29 is 4.74 Å². The quantitative estimate of drug-likeness (QED) is 0.651.